The van der Waals surface area contributed by atoms with Crippen LogP contribution in [0.4, 0.5) is 11.4 Å². The number of sulfonamides is 1. The molecular formula is C21H26ClN3O5S. The molecule has 0 bridgehead atoms. The minimum atomic E-state index is -3.85. The van der Waals surface area contributed by atoms with Crippen LogP contribution in [0.5, 0.6) is 5.75 Å². The van der Waals surface area contributed by atoms with Gasteiger partial charge in [-0.05, 0) is 43.7 Å². The van der Waals surface area contributed by atoms with Gasteiger partial charge in [0, 0.05) is 11.1 Å². The maximum atomic E-state index is 12.8. The number of hydrogen-bond donors (Lipinski definition) is 2. The number of anilines is 2. The Morgan fingerprint density at radius 2 is 1.87 bits per heavy atom. The van der Waals surface area contributed by atoms with Gasteiger partial charge in [-0.2, -0.15) is 0 Å². The number of para-hydroxylation sites is 1. The number of ether oxygens (including phenoxy) is 1. The van der Waals surface area contributed by atoms with Crippen molar-refractivity contribution < 1.29 is 22.7 Å². The van der Waals surface area contributed by atoms with Crippen LogP contribution in [0.15, 0.2) is 42.5 Å². The quantitative estimate of drug-likeness (QED) is 0.588. The van der Waals surface area contributed by atoms with Crippen molar-refractivity contribution in [2.45, 2.75) is 26.3 Å². The summed E-state index contributed by atoms with van der Waals surface area (Å²) in [5.41, 5.74) is 0.692. The van der Waals surface area contributed by atoms with Crippen LogP contribution in [0, 0.1) is 0 Å². The van der Waals surface area contributed by atoms with E-state index in [1.165, 1.54) is 19.2 Å². The number of nitrogens with one attached hydrogen (secondary N) is 2. The van der Waals surface area contributed by atoms with Gasteiger partial charge >= 0.3 is 0 Å². The summed E-state index contributed by atoms with van der Waals surface area (Å²) >= 11 is 6.02. The van der Waals surface area contributed by atoms with E-state index in [2.05, 4.69) is 10.6 Å². The third-order valence-electron chi connectivity index (χ3n) is 4.53. The first-order valence-electron chi connectivity index (χ1n) is 9.57. The summed E-state index contributed by atoms with van der Waals surface area (Å²) in [4.78, 5) is 25.3. The second-order valence-electron chi connectivity index (χ2n) is 6.96. The molecule has 2 amide bonds. The molecule has 31 heavy (non-hydrogen) atoms. The van der Waals surface area contributed by atoms with Crippen molar-refractivity contribution in [3.05, 3.63) is 53.1 Å². The first-order valence-corrected chi connectivity index (χ1v) is 11.8. The molecule has 2 rings (SSSR count). The number of benzene rings is 2. The van der Waals surface area contributed by atoms with E-state index < -0.39 is 22.5 Å². The Kier molecular flexibility index (Phi) is 8.29. The largest absolute Gasteiger partial charge is 0.495 e. The Bertz CT molecular complexity index is 1060. The van der Waals surface area contributed by atoms with Gasteiger partial charge in [0.2, 0.25) is 15.9 Å². The van der Waals surface area contributed by atoms with E-state index in [1.807, 2.05) is 13.8 Å². The molecule has 0 unspecified atom stereocenters. The number of carbonyl (C=O) groups excluding carboxylic acids is 2. The minimum absolute atomic E-state index is 0.0349. The SMILES string of the molecule is CC[C@H](C)NC(=O)c1ccccc1NC(=O)CN(c1cc(Cl)ccc1OC)S(C)(=O)=O. The molecule has 2 aromatic carbocycles. The van der Waals surface area contributed by atoms with Gasteiger partial charge in [0.05, 0.1) is 30.3 Å². The van der Waals surface area contributed by atoms with Crippen LogP contribution in [0.25, 0.3) is 0 Å². The van der Waals surface area contributed by atoms with Gasteiger partial charge in [0.15, 0.2) is 0 Å². The molecule has 0 aliphatic heterocycles. The lowest BCUT2D eigenvalue weighted by atomic mass is 10.1. The minimum Gasteiger partial charge on any atom is -0.495 e. The van der Waals surface area contributed by atoms with Gasteiger partial charge in [0.25, 0.3) is 5.91 Å². The van der Waals surface area contributed by atoms with Crippen molar-refractivity contribution in [2.75, 3.05) is 29.5 Å². The van der Waals surface area contributed by atoms with Crippen LogP contribution in [0.3, 0.4) is 0 Å². The molecule has 168 valence electrons. The van der Waals surface area contributed by atoms with Gasteiger partial charge in [-0.15, -0.1) is 0 Å². The summed E-state index contributed by atoms with van der Waals surface area (Å²) in [5, 5.41) is 5.76. The second-order valence-corrected chi connectivity index (χ2v) is 9.31. The van der Waals surface area contributed by atoms with Crippen LogP contribution in [-0.4, -0.2) is 46.2 Å². The van der Waals surface area contributed by atoms with Gasteiger partial charge in [-0.25, -0.2) is 8.42 Å². The van der Waals surface area contributed by atoms with E-state index in [1.54, 1.807) is 30.3 Å². The molecular weight excluding hydrogens is 442 g/mol. The lowest BCUT2D eigenvalue weighted by Crippen LogP contribution is -2.38. The van der Waals surface area contributed by atoms with Crippen molar-refractivity contribution in [3.8, 4) is 5.75 Å². The molecule has 0 aromatic heterocycles. The monoisotopic (exact) mass is 467 g/mol. The third-order valence-corrected chi connectivity index (χ3v) is 5.89. The summed E-state index contributed by atoms with van der Waals surface area (Å²) in [7, 11) is -2.46. The van der Waals surface area contributed by atoms with Crippen LogP contribution >= 0.6 is 11.6 Å². The molecule has 0 aliphatic rings. The Balaban J connectivity index is 2.30. The number of hydrogen-bond acceptors (Lipinski definition) is 5. The fourth-order valence-electron chi connectivity index (χ4n) is 2.75. The number of halogens is 1. The zero-order valence-corrected chi connectivity index (χ0v) is 19.4. The summed E-state index contributed by atoms with van der Waals surface area (Å²) in [6.45, 7) is 3.29. The highest BCUT2D eigenvalue weighted by Gasteiger charge is 2.25. The Labute approximate surface area is 187 Å². The molecule has 2 N–H and O–H groups in total. The maximum Gasteiger partial charge on any atom is 0.253 e. The fraction of sp³-hybridized carbons (Fsp3) is 0.333. The summed E-state index contributed by atoms with van der Waals surface area (Å²) in [5.74, 6) is -0.714. The number of nitrogens with zero attached hydrogens (tertiary/aromatic N) is 1. The summed E-state index contributed by atoms with van der Waals surface area (Å²) in [6.07, 6.45) is 1.74. The van der Waals surface area contributed by atoms with E-state index in [0.717, 1.165) is 17.0 Å². The third kappa shape index (κ3) is 6.60. The summed E-state index contributed by atoms with van der Waals surface area (Å²) < 4.78 is 30.9. The lowest BCUT2D eigenvalue weighted by Gasteiger charge is -2.24. The van der Waals surface area contributed by atoms with E-state index in [0.29, 0.717) is 0 Å². The van der Waals surface area contributed by atoms with Crippen molar-refractivity contribution in [1.82, 2.24) is 5.32 Å². The normalized spacial score (nSPS) is 12.0. The van der Waals surface area contributed by atoms with Crippen LogP contribution < -0.4 is 19.7 Å². The van der Waals surface area contributed by atoms with E-state index in [4.69, 9.17) is 16.3 Å². The van der Waals surface area contributed by atoms with Gasteiger partial charge in [-0.3, -0.25) is 13.9 Å². The standard InChI is InChI=1S/C21H26ClN3O5S/c1-5-14(2)23-21(27)16-8-6-7-9-17(16)24-20(26)13-25(31(4,28)29)18-12-15(22)10-11-19(18)30-3/h6-12,14H,5,13H2,1-4H3,(H,23,27)(H,24,26)/t14-/m0/s1. The van der Waals surface area contributed by atoms with E-state index in [-0.39, 0.29) is 39.7 Å². The zero-order chi connectivity index (χ0) is 23.2. The molecule has 8 nitrogen and oxygen atoms in total. The highest BCUT2D eigenvalue weighted by Crippen LogP contribution is 2.32. The molecule has 10 heteroatoms. The predicted molar refractivity (Wildman–Crippen MR) is 122 cm³/mol. The van der Waals surface area contributed by atoms with Crippen molar-refractivity contribution in [3.63, 3.8) is 0 Å². The van der Waals surface area contributed by atoms with E-state index >= 15 is 0 Å². The number of methoxy groups -OCH3 is 1. The predicted octanol–water partition coefficient (Wildman–Crippen LogP) is 3.28. The smallest absolute Gasteiger partial charge is 0.253 e. The Hall–Kier alpha value is -2.78. The lowest BCUT2D eigenvalue weighted by molar-refractivity contribution is -0.114. The van der Waals surface area contributed by atoms with Crippen LogP contribution in [0.2, 0.25) is 5.02 Å². The average molecular weight is 468 g/mol. The molecule has 1 atom stereocenters. The Morgan fingerprint density at radius 1 is 1.19 bits per heavy atom. The highest BCUT2D eigenvalue weighted by atomic mass is 35.5. The van der Waals surface area contributed by atoms with E-state index in [9.17, 15) is 18.0 Å². The van der Waals surface area contributed by atoms with Crippen LogP contribution in [-0.2, 0) is 14.8 Å². The Morgan fingerprint density at radius 3 is 2.48 bits per heavy atom. The van der Waals surface area contributed by atoms with Crippen molar-refractivity contribution in [2.24, 2.45) is 0 Å². The first-order chi connectivity index (χ1) is 14.6. The molecule has 0 heterocycles. The molecule has 0 fully saturated rings. The molecule has 0 spiro atoms. The van der Waals surface area contributed by atoms with Crippen molar-refractivity contribution >= 4 is 44.8 Å². The van der Waals surface area contributed by atoms with Gasteiger partial charge in [0.1, 0.15) is 12.3 Å². The summed E-state index contributed by atoms with van der Waals surface area (Å²) in [6, 6.07) is 11.0. The molecule has 0 radical (unpaired) electrons. The number of carbonyl (C=O) groups is 2. The molecule has 0 aliphatic carbocycles. The maximum absolute atomic E-state index is 12.8. The molecule has 0 saturated heterocycles. The number of rotatable bonds is 9. The van der Waals surface area contributed by atoms with Gasteiger partial charge < -0.3 is 15.4 Å². The highest BCUT2D eigenvalue weighted by molar-refractivity contribution is 7.92. The average Bonchev–Trinajstić information content (AvgIpc) is 2.71. The van der Waals surface area contributed by atoms with Crippen molar-refractivity contribution in [1.29, 1.82) is 0 Å². The fourth-order valence-corrected chi connectivity index (χ4v) is 3.77. The molecule has 2 aromatic rings. The topological polar surface area (TPSA) is 105 Å². The number of amides is 2. The first kappa shape index (κ1) is 24.5. The van der Waals surface area contributed by atoms with Crippen LogP contribution in [0.1, 0.15) is 30.6 Å². The molecule has 0 saturated carbocycles. The van der Waals surface area contributed by atoms with Gasteiger partial charge in [-0.1, -0.05) is 30.7 Å². The second kappa shape index (κ2) is 10.5. The zero-order valence-electron chi connectivity index (χ0n) is 17.8.